The molecular weight excluding hydrogens is 202 g/mol. The van der Waals surface area contributed by atoms with Gasteiger partial charge in [0.2, 0.25) is 0 Å². The summed E-state index contributed by atoms with van der Waals surface area (Å²) in [5, 5.41) is 3.25. The number of nitrogens with two attached hydrogens (primary N) is 1. The Bertz CT molecular complexity index is 300. The Morgan fingerprint density at radius 1 is 1.25 bits per heavy atom. The zero-order valence-electron chi connectivity index (χ0n) is 10.0. The standard InChI is InChI=1S/C11H21N5/c1-9(2)5-3-4-6-13-10-7-11(16-12)15-8-14-10/h7-9H,3-6,12H2,1-2H3,(H2,13,14,15,16). The predicted octanol–water partition coefficient (Wildman–Crippen LogP) is 2.00. The lowest BCUT2D eigenvalue weighted by Crippen LogP contribution is -2.10. The molecule has 1 heterocycles. The van der Waals surface area contributed by atoms with E-state index in [0.29, 0.717) is 5.82 Å². The summed E-state index contributed by atoms with van der Waals surface area (Å²) < 4.78 is 0. The third-order valence-electron chi connectivity index (χ3n) is 2.33. The number of nitrogens with zero attached hydrogens (tertiary/aromatic N) is 2. The van der Waals surface area contributed by atoms with Gasteiger partial charge in [-0.3, -0.25) is 0 Å². The van der Waals surface area contributed by atoms with Crippen LogP contribution in [0.25, 0.3) is 0 Å². The fourth-order valence-electron chi connectivity index (χ4n) is 1.43. The normalized spacial score (nSPS) is 10.5. The maximum absolute atomic E-state index is 5.26. The maximum atomic E-state index is 5.26. The highest BCUT2D eigenvalue weighted by Gasteiger charge is 1.97. The number of nitrogen functional groups attached to an aromatic ring is 1. The quantitative estimate of drug-likeness (QED) is 0.374. The van der Waals surface area contributed by atoms with Crippen molar-refractivity contribution in [2.45, 2.75) is 33.1 Å². The molecule has 0 unspecified atom stereocenters. The molecule has 0 aliphatic heterocycles. The molecule has 1 aromatic rings. The molecule has 5 nitrogen and oxygen atoms in total. The van der Waals surface area contributed by atoms with Crippen LogP contribution in [0.4, 0.5) is 11.6 Å². The van der Waals surface area contributed by atoms with Crippen LogP contribution in [0.2, 0.25) is 0 Å². The number of nitrogens with one attached hydrogen (secondary N) is 2. The molecule has 0 radical (unpaired) electrons. The Hall–Kier alpha value is -1.36. The molecule has 0 bridgehead atoms. The van der Waals surface area contributed by atoms with Gasteiger partial charge in [-0.05, 0) is 12.3 Å². The molecule has 0 aliphatic rings. The van der Waals surface area contributed by atoms with Crippen LogP contribution in [-0.4, -0.2) is 16.5 Å². The number of aromatic nitrogens is 2. The molecule has 5 heteroatoms. The first kappa shape index (κ1) is 12.7. The van der Waals surface area contributed by atoms with E-state index in [4.69, 9.17) is 5.84 Å². The van der Waals surface area contributed by atoms with Crippen LogP contribution in [0, 0.1) is 5.92 Å². The van der Waals surface area contributed by atoms with Gasteiger partial charge in [0.15, 0.2) is 0 Å². The third-order valence-corrected chi connectivity index (χ3v) is 2.33. The summed E-state index contributed by atoms with van der Waals surface area (Å²) in [6.45, 7) is 5.43. The van der Waals surface area contributed by atoms with Crippen LogP contribution in [0.1, 0.15) is 33.1 Å². The van der Waals surface area contributed by atoms with Crippen molar-refractivity contribution in [1.29, 1.82) is 0 Å². The monoisotopic (exact) mass is 223 g/mol. The fraction of sp³-hybridized carbons (Fsp3) is 0.636. The summed E-state index contributed by atoms with van der Waals surface area (Å²) >= 11 is 0. The van der Waals surface area contributed by atoms with Gasteiger partial charge in [-0.15, -0.1) is 0 Å². The van der Waals surface area contributed by atoms with Crippen molar-refractivity contribution in [3.8, 4) is 0 Å². The van der Waals surface area contributed by atoms with E-state index in [1.807, 2.05) is 0 Å². The molecule has 0 aliphatic carbocycles. The molecule has 0 aromatic carbocycles. The van der Waals surface area contributed by atoms with Crippen molar-refractivity contribution in [2.75, 3.05) is 17.3 Å². The molecule has 0 saturated carbocycles. The van der Waals surface area contributed by atoms with Gasteiger partial charge in [-0.25, -0.2) is 15.8 Å². The van der Waals surface area contributed by atoms with Gasteiger partial charge < -0.3 is 10.7 Å². The molecule has 0 amide bonds. The summed E-state index contributed by atoms with van der Waals surface area (Å²) in [6, 6.07) is 1.79. The van der Waals surface area contributed by atoms with Crippen LogP contribution in [-0.2, 0) is 0 Å². The van der Waals surface area contributed by atoms with E-state index in [-0.39, 0.29) is 0 Å². The second-order valence-corrected chi connectivity index (χ2v) is 4.25. The van der Waals surface area contributed by atoms with Gasteiger partial charge in [0.05, 0.1) is 0 Å². The van der Waals surface area contributed by atoms with E-state index in [1.165, 1.54) is 19.2 Å². The van der Waals surface area contributed by atoms with Crippen LogP contribution in [0.3, 0.4) is 0 Å². The largest absolute Gasteiger partial charge is 0.370 e. The van der Waals surface area contributed by atoms with Crippen molar-refractivity contribution >= 4 is 11.6 Å². The number of rotatable bonds is 7. The van der Waals surface area contributed by atoms with Gasteiger partial charge in [-0.1, -0.05) is 26.7 Å². The van der Waals surface area contributed by atoms with Crippen LogP contribution < -0.4 is 16.6 Å². The topological polar surface area (TPSA) is 75.9 Å². The molecule has 16 heavy (non-hydrogen) atoms. The van der Waals surface area contributed by atoms with Gasteiger partial charge in [0, 0.05) is 12.6 Å². The predicted molar refractivity (Wildman–Crippen MR) is 67.0 cm³/mol. The molecule has 4 N–H and O–H groups in total. The Morgan fingerprint density at radius 3 is 2.69 bits per heavy atom. The molecule has 0 fully saturated rings. The highest BCUT2D eigenvalue weighted by Crippen LogP contribution is 2.09. The third kappa shape index (κ3) is 4.93. The second-order valence-electron chi connectivity index (χ2n) is 4.25. The van der Waals surface area contributed by atoms with E-state index in [1.54, 1.807) is 6.07 Å². The number of unbranched alkanes of at least 4 members (excludes halogenated alkanes) is 1. The summed E-state index contributed by atoms with van der Waals surface area (Å²) in [6.07, 6.45) is 5.18. The van der Waals surface area contributed by atoms with Crippen molar-refractivity contribution in [3.63, 3.8) is 0 Å². The van der Waals surface area contributed by atoms with Gasteiger partial charge in [0.25, 0.3) is 0 Å². The smallest absolute Gasteiger partial charge is 0.145 e. The van der Waals surface area contributed by atoms with Crippen molar-refractivity contribution in [1.82, 2.24) is 9.97 Å². The van der Waals surface area contributed by atoms with Crippen molar-refractivity contribution in [2.24, 2.45) is 11.8 Å². The Morgan fingerprint density at radius 2 is 2.00 bits per heavy atom. The van der Waals surface area contributed by atoms with E-state index in [0.717, 1.165) is 24.7 Å². The Balaban J connectivity index is 2.21. The first-order chi connectivity index (χ1) is 7.72. The van der Waals surface area contributed by atoms with E-state index < -0.39 is 0 Å². The summed E-state index contributed by atoms with van der Waals surface area (Å²) in [7, 11) is 0. The minimum Gasteiger partial charge on any atom is -0.370 e. The number of hydrazine groups is 1. The average Bonchev–Trinajstić information content (AvgIpc) is 2.28. The van der Waals surface area contributed by atoms with Crippen LogP contribution >= 0.6 is 0 Å². The van der Waals surface area contributed by atoms with E-state index in [2.05, 4.69) is 34.6 Å². The molecule has 0 spiro atoms. The molecular formula is C11H21N5. The lowest BCUT2D eigenvalue weighted by Gasteiger charge is -2.07. The summed E-state index contributed by atoms with van der Waals surface area (Å²) in [4.78, 5) is 8.04. The van der Waals surface area contributed by atoms with Gasteiger partial charge in [0.1, 0.15) is 18.0 Å². The number of hydrogen-bond donors (Lipinski definition) is 3. The Labute approximate surface area is 96.8 Å². The fourth-order valence-corrected chi connectivity index (χ4v) is 1.43. The molecule has 1 rings (SSSR count). The summed E-state index contributed by atoms with van der Waals surface area (Å²) in [5.74, 6) is 7.48. The molecule has 90 valence electrons. The Kier molecular flexibility index (Phi) is 5.56. The average molecular weight is 223 g/mol. The minimum atomic E-state index is 0.625. The minimum absolute atomic E-state index is 0.625. The highest BCUT2D eigenvalue weighted by molar-refractivity contribution is 5.45. The van der Waals surface area contributed by atoms with Gasteiger partial charge >= 0.3 is 0 Å². The van der Waals surface area contributed by atoms with Crippen molar-refractivity contribution < 1.29 is 0 Å². The zero-order chi connectivity index (χ0) is 11.8. The lowest BCUT2D eigenvalue weighted by atomic mass is 10.1. The molecule has 1 aromatic heterocycles. The first-order valence-corrected chi connectivity index (χ1v) is 5.75. The zero-order valence-corrected chi connectivity index (χ0v) is 10.0. The molecule has 0 atom stereocenters. The maximum Gasteiger partial charge on any atom is 0.145 e. The highest BCUT2D eigenvalue weighted by atomic mass is 15.3. The van der Waals surface area contributed by atoms with E-state index >= 15 is 0 Å². The first-order valence-electron chi connectivity index (χ1n) is 5.75. The molecule has 0 saturated heterocycles. The van der Waals surface area contributed by atoms with Crippen LogP contribution in [0.5, 0.6) is 0 Å². The van der Waals surface area contributed by atoms with Crippen molar-refractivity contribution in [3.05, 3.63) is 12.4 Å². The lowest BCUT2D eigenvalue weighted by molar-refractivity contribution is 0.544. The second kappa shape index (κ2) is 7.00. The van der Waals surface area contributed by atoms with Crippen LogP contribution in [0.15, 0.2) is 12.4 Å². The number of anilines is 2. The SMILES string of the molecule is CC(C)CCCCNc1cc(NN)ncn1. The van der Waals surface area contributed by atoms with Gasteiger partial charge in [-0.2, -0.15) is 0 Å². The van der Waals surface area contributed by atoms with E-state index in [9.17, 15) is 0 Å². The number of hydrogen-bond acceptors (Lipinski definition) is 5. The summed E-state index contributed by atoms with van der Waals surface area (Å²) in [5.41, 5.74) is 2.49.